The first-order chi connectivity index (χ1) is 7.77. The van der Waals surface area contributed by atoms with Crippen molar-refractivity contribution in [2.45, 2.75) is 33.1 Å². The lowest BCUT2D eigenvalue weighted by atomic mass is 10.2. The van der Waals surface area contributed by atoms with Gasteiger partial charge in [-0.2, -0.15) is 0 Å². The zero-order valence-corrected chi connectivity index (χ0v) is 10.2. The molecule has 4 nitrogen and oxygen atoms in total. The molecule has 0 aromatic carbocycles. The highest BCUT2D eigenvalue weighted by Crippen LogP contribution is 2.12. The minimum absolute atomic E-state index is 0.165. The Kier molecular flexibility index (Phi) is 6.15. The summed E-state index contributed by atoms with van der Waals surface area (Å²) in [4.78, 5) is 0. The molecule has 0 amide bonds. The third-order valence-corrected chi connectivity index (χ3v) is 2.27. The van der Waals surface area contributed by atoms with E-state index in [1.165, 1.54) is 0 Å². The molecule has 0 bridgehead atoms. The Labute approximate surface area is 96.9 Å². The van der Waals surface area contributed by atoms with E-state index in [-0.39, 0.29) is 12.3 Å². The number of ether oxygens (including phenoxy) is 2. The van der Waals surface area contributed by atoms with Crippen LogP contribution in [0.1, 0.15) is 32.6 Å². The molecule has 0 radical (unpaired) electrons. The molecule has 0 spiro atoms. The van der Waals surface area contributed by atoms with Crippen LogP contribution in [0.4, 0.5) is 0 Å². The molecular weight excluding hydrogens is 206 g/mol. The van der Waals surface area contributed by atoms with Gasteiger partial charge in [0.25, 0.3) is 0 Å². The van der Waals surface area contributed by atoms with Crippen molar-refractivity contribution >= 4 is 0 Å². The molecule has 0 saturated heterocycles. The Hall–Kier alpha value is -0.840. The summed E-state index contributed by atoms with van der Waals surface area (Å²) >= 11 is 0. The Balaban J connectivity index is 2.30. The summed E-state index contributed by atoms with van der Waals surface area (Å²) in [7, 11) is 0. The predicted octanol–water partition coefficient (Wildman–Crippen LogP) is 2.33. The number of hydrogen-bond donors (Lipinski definition) is 1. The molecule has 1 aromatic rings. The average molecular weight is 227 g/mol. The lowest BCUT2D eigenvalue weighted by molar-refractivity contribution is -0.133. The van der Waals surface area contributed by atoms with Gasteiger partial charge in [-0.05, 0) is 32.9 Å². The zero-order chi connectivity index (χ0) is 11.8. The van der Waals surface area contributed by atoms with E-state index in [1.54, 1.807) is 6.26 Å². The van der Waals surface area contributed by atoms with Crippen molar-refractivity contribution in [2.75, 3.05) is 19.8 Å². The molecular formula is C12H21NO3. The van der Waals surface area contributed by atoms with Gasteiger partial charge < -0.3 is 19.2 Å². The Morgan fingerprint density at radius 1 is 1.31 bits per heavy atom. The van der Waals surface area contributed by atoms with Crippen LogP contribution in [0, 0.1) is 0 Å². The van der Waals surface area contributed by atoms with Crippen molar-refractivity contribution in [3.63, 3.8) is 0 Å². The predicted molar refractivity (Wildman–Crippen MR) is 62.2 cm³/mol. The fourth-order valence-electron chi connectivity index (χ4n) is 1.45. The van der Waals surface area contributed by atoms with Gasteiger partial charge in [0.15, 0.2) is 6.29 Å². The second-order valence-electron chi connectivity index (χ2n) is 3.49. The van der Waals surface area contributed by atoms with Gasteiger partial charge in [-0.15, -0.1) is 0 Å². The number of nitrogens with one attached hydrogen (secondary N) is 1. The van der Waals surface area contributed by atoms with Crippen molar-refractivity contribution in [2.24, 2.45) is 0 Å². The van der Waals surface area contributed by atoms with Crippen molar-refractivity contribution < 1.29 is 13.9 Å². The van der Waals surface area contributed by atoms with Crippen LogP contribution in [0.25, 0.3) is 0 Å². The van der Waals surface area contributed by atoms with Gasteiger partial charge >= 0.3 is 0 Å². The summed E-state index contributed by atoms with van der Waals surface area (Å²) in [6.45, 7) is 7.93. The van der Waals surface area contributed by atoms with Crippen LogP contribution in [-0.4, -0.2) is 26.0 Å². The summed E-state index contributed by atoms with van der Waals surface area (Å²) in [6.07, 6.45) is 1.49. The lowest BCUT2D eigenvalue weighted by Crippen LogP contribution is -2.33. The van der Waals surface area contributed by atoms with Crippen LogP contribution < -0.4 is 5.32 Å². The Morgan fingerprint density at radius 3 is 2.50 bits per heavy atom. The maximum absolute atomic E-state index is 5.43. The highest BCUT2D eigenvalue weighted by Gasteiger charge is 2.12. The van der Waals surface area contributed by atoms with E-state index in [4.69, 9.17) is 13.9 Å². The normalized spacial score (nSPS) is 13.2. The molecule has 92 valence electrons. The van der Waals surface area contributed by atoms with Crippen molar-refractivity contribution in [1.29, 1.82) is 0 Å². The molecule has 0 unspecified atom stereocenters. The third-order valence-electron chi connectivity index (χ3n) is 2.27. The molecule has 0 saturated carbocycles. The monoisotopic (exact) mass is 227 g/mol. The summed E-state index contributed by atoms with van der Waals surface area (Å²) in [6, 6.07) is 4.00. The molecule has 16 heavy (non-hydrogen) atoms. The summed E-state index contributed by atoms with van der Waals surface area (Å²) in [5, 5.41) is 3.31. The quantitative estimate of drug-likeness (QED) is 0.692. The maximum atomic E-state index is 5.43. The highest BCUT2D eigenvalue weighted by atomic mass is 16.7. The number of furan rings is 1. The topological polar surface area (TPSA) is 43.6 Å². The maximum Gasteiger partial charge on any atom is 0.169 e. The van der Waals surface area contributed by atoms with Crippen LogP contribution in [0.5, 0.6) is 0 Å². The molecule has 0 aliphatic rings. The molecule has 1 heterocycles. The van der Waals surface area contributed by atoms with Crippen LogP contribution in [-0.2, 0) is 9.47 Å². The Morgan fingerprint density at radius 2 is 2.00 bits per heavy atom. The van der Waals surface area contributed by atoms with Crippen molar-refractivity contribution in [3.8, 4) is 0 Å². The summed E-state index contributed by atoms with van der Waals surface area (Å²) in [5.41, 5.74) is 0. The first kappa shape index (κ1) is 13.2. The van der Waals surface area contributed by atoms with Gasteiger partial charge in [-0.3, -0.25) is 0 Å². The molecule has 1 N–H and O–H groups in total. The van der Waals surface area contributed by atoms with Crippen molar-refractivity contribution in [3.05, 3.63) is 24.2 Å². The van der Waals surface area contributed by atoms with E-state index in [1.807, 2.05) is 32.9 Å². The fourth-order valence-corrected chi connectivity index (χ4v) is 1.45. The average Bonchev–Trinajstić information content (AvgIpc) is 2.79. The molecule has 1 atom stereocenters. The van der Waals surface area contributed by atoms with Crippen LogP contribution in [0.2, 0.25) is 0 Å². The van der Waals surface area contributed by atoms with E-state index in [2.05, 4.69) is 5.32 Å². The molecule has 0 aliphatic heterocycles. The first-order valence-electron chi connectivity index (χ1n) is 5.77. The first-order valence-corrected chi connectivity index (χ1v) is 5.77. The second-order valence-corrected chi connectivity index (χ2v) is 3.49. The van der Waals surface area contributed by atoms with Crippen molar-refractivity contribution in [1.82, 2.24) is 5.32 Å². The fraction of sp³-hybridized carbons (Fsp3) is 0.667. The van der Waals surface area contributed by atoms with Gasteiger partial charge in [-0.1, -0.05) is 0 Å². The van der Waals surface area contributed by atoms with Gasteiger partial charge in [0.1, 0.15) is 5.76 Å². The summed E-state index contributed by atoms with van der Waals surface area (Å²) in [5.74, 6) is 0.923. The Bertz CT molecular complexity index is 255. The van der Waals surface area contributed by atoms with Gasteiger partial charge in [0, 0.05) is 19.8 Å². The molecule has 4 heteroatoms. The van der Waals surface area contributed by atoms with E-state index in [0.29, 0.717) is 19.8 Å². The molecule has 1 rings (SSSR count). The standard InChI is InChI=1S/C12H21NO3/c1-4-14-12(15-5-2)9-13-10(3)11-7-6-8-16-11/h6-8,10,12-13H,4-5,9H2,1-3H3/t10-/m1/s1. The van der Waals surface area contributed by atoms with E-state index < -0.39 is 0 Å². The van der Waals surface area contributed by atoms with Crippen LogP contribution in [0.3, 0.4) is 0 Å². The van der Waals surface area contributed by atoms with E-state index in [9.17, 15) is 0 Å². The van der Waals surface area contributed by atoms with Gasteiger partial charge in [0.2, 0.25) is 0 Å². The smallest absolute Gasteiger partial charge is 0.169 e. The summed E-state index contributed by atoms with van der Waals surface area (Å²) < 4.78 is 16.2. The molecule has 0 fully saturated rings. The van der Waals surface area contributed by atoms with Gasteiger partial charge in [0.05, 0.1) is 12.3 Å². The lowest BCUT2D eigenvalue weighted by Gasteiger charge is -2.19. The second kappa shape index (κ2) is 7.44. The molecule has 1 aromatic heterocycles. The minimum atomic E-state index is -0.188. The minimum Gasteiger partial charge on any atom is -0.468 e. The third kappa shape index (κ3) is 4.35. The number of hydrogen-bond acceptors (Lipinski definition) is 4. The van der Waals surface area contributed by atoms with E-state index >= 15 is 0 Å². The van der Waals surface area contributed by atoms with Crippen LogP contribution in [0.15, 0.2) is 22.8 Å². The molecule has 0 aliphatic carbocycles. The van der Waals surface area contributed by atoms with E-state index in [0.717, 1.165) is 5.76 Å². The number of rotatable bonds is 8. The largest absolute Gasteiger partial charge is 0.468 e. The van der Waals surface area contributed by atoms with Gasteiger partial charge in [-0.25, -0.2) is 0 Å². The highest BCUT2D eigenvalue weighted by molar-refractivity contribution is 5.02. The van der Waals surface area contributed by atoms with Crippen LogP contribution >= 0.6 is 0 Å². The zero-order valence-electron chi connectivity index (χ0n) is 10.2. The SMILES string of the molecule is CCOC(CN[C@H](C)c1ccco1)OCC.